The first-order valence-corrected chi connectivity index (χ1v) is 9.33. The van der Waals surface area contributed by atoms with E-state index in [1.807, 2.05) is 24.3 Å². The van der Waals surface area contributed by atoms with E-state index in [1.165, 1.54) is 25.8 Å². The number of likely N-dealkylation sites (tertiary alicyclic amines) is 1. The van der Waals surface area contributed by atoms with Crippen LogP contribution < -0.4 is 10.2 Å². The van der Waals surface area contributed by atoms with Crippen molar-refractivity contribution in [2.75, 3.05) is 26.7 Å². The highest BCUT2D eigenvalue weighted by molar-refractivity contribution is 5.99. The fourth-order valence-corrected chi connectivity index (χ4v) is 3.79. The van der Waals surface area contributed by atoms with Crippen LogP contribution in [0.3, 0.4) is 0 Å². The summed E-state index contributed by atoms with van der Waals surface area (Å²) in [6.45, 7) is 5.76. The zero-order chi connectivity index (χ0) is 17.6. The summed E-state index contributed by atoms with van der Waals surface area (Å²) in [5.41, 5.74) is 1.55. The van der Waals surface area contributed by atoms with Crippen LogP contribution in [0.4, 0.5) is 0 Å². The van der Waals surface area contributed by atoms with Gasteiger partial charge in [-0.1, -0.05) is 18.2 Å². The number of quaternary nitrogens is 1. The maximum atomic E-state index is 12.6. The molecule has 1 aliphatic rings. The van der Waals surface area contributed by atoms with E-state index in [0.717, 1.165) is 35.5 Å². The summed E-state index contributed by atoms with van der Waals surface area (Å²) >= 11 is 0. The number of hydrogen-bond donors (Lipinski definition) is 2. The molecule has 5 nitrogen and oxygen atoms in total. The number of furan rings is 1. The van der Waals surface area contributed by atoms with Crippen molar-refractivity contribution >= 4 is 16.9 Å². The lowest BCUT2D eigenvalue weighted by Crippen LogP contribution is -3.16. The molecule has 1 amide bonds. The first-order valence-electron chi connectivity index (χ1n) is 9.33. The number of methoxy groups -OCH3 is 1. The molecule has 0 saturated carbocycles. The molecular weight excluding hydrogens is 316 g/mol. The Bertz CT molecular complexity index is 710. The van der Waals surface area contributed by atoms with Crippen molar-refractivity contribution < 1.29 is 18.8 Å². The molecule has 1 aromatic carbocycles. The predicted molar refractivity (Wildman–Crippen MR) is 97.9 cm³/mol. The molecule has 1 saturated heterocycles. The molecule has 1 unspecified atom stereocenters. The van der Waals surface area contributed by atoms with E-state index >= 15 is 0 Å². The van der Waals surface area contributed by atoms with Crippen LogP contribution in [-0.2, 0) is 11.3 Å². The van der Waals surface area contributed by atoms with Crippen LogP contribution in [0.2, 0.25) is 0 Å². The highest BCUT2D eigenvalue weighted by Gasteiger charge is 2.22. The van der Waals surface area contributed by atoms with Crippen LogP contribution in [0, 0.1) is 0 Å². The minimum Gasteiger partial charge on any atom is -0.451 e. The van der Waals surface area contributed by atoms with Gasteiger partial charge in [0.2, 0.25) is 0 Å². The van der Waals surface area contributed by atoms with Gasteiger partial charge in [-0.25, -0.2) is 0 Å². The highest BCUT2D eigenvalue weighted by atomic mass is 16.5. The van der Waals surface area contributed by atoms with Gasteiger partial charge in [-0.2, -0.15) is 0 Å². The lowest BCUT2D eigenvalue weighted by atomic mass is 10.0. The first kappa shape index (κ1) is 18.0. The summed E-state index contributed by atoms with van der Waals surface area (Å²) < 4.78 is 11.0. The smallest absolute Gasteiger partial charge is 0.287 e. The molecule has 0 spiro atoms. The second-order valence-corrected chi connectivity index (χ2v) is 7.00. The monoisotopic (exact) mass is 345 g/mol. The summed E-state index contributed by atoms with van der Waals surface area (Å²) in [5.74, 6) is 0.228. The van der Waals surface area contributed by atoms with Gasteiger partial charge >= 0.3 is 0 Å². The number of carbonyl (C=O) groups is 1. The van der Waals surface area contributed by atoms with Crippen LogP contribution in [-0.4, -0.2) is 38.7 Å². The van der Waals surface area contributed by atoms with Gasteiger partial charge in [0.1, 0.15) is 5.58 Å². The fraction of sp³-hybridized carbons (Fsp3) is 0.550. The zero-order valence-corrected chi connectivity index (χ0v) is 15.3. The maximum absolute atomic E-state index is 12.6. The lowest BCUT2D eigenvalue weighted by molar-refractivity contribution is -0.928. The number of ether oxygens (including phenoxy) is 1. The quantitative estimate of drug-likeness (QED) is 0.756. The lowest BCUT2D eigenvalue weighted by Gasteiger charge is -2.30. The Morgan fingerprint density at radius 2 is 2.20 bits per heavy atom. The Morgan fingerprint density at radius 3 is 3.00 bits per heavy atom. The highest BCUT2D eigenvalue weighted by Crippen LogP contribution is 2.26. The third-order valence-electron chi connectivity index (χ3n) is 5.24. The average Bonchev–Trinajstić information content (AvgIpc) is 2.99. The van der Waals surface area contributed by atoms with Crippen LogP contribution in [0.5, 0.6) is 0 Å². The number of carbonyl (C=O) groups excluding carboxylic acids is 1. The molecule has 1 aromatic heterocycles. The van der Waals surface area contributed by atoms with Crippen molar-refractivity contribution in [3.05, 3.63) is 35.6 Å². The average molecular weight is 345 g/mol. The summed E-state index contributed by atoms with van der Waals surface area (Å²) in [4.78, 5) is 14.2. The largest absolute Gasteiger partial charge is 0.451 e. The Kier molecular flexibility index (Phi) is 6.10. The molecule has 2 aromatic rings. The number of amides is 1. The van der Waals surface area contributed by atoms with E-state index in [4.69, 9.17) is 9.15 Å². The summed E-state index contributed by atoms with van der Waals surface area (Å²) in [7, 11) is 1.63. The minimum atomic E-state index is -0.148. The SMILES string of the molecule is COCc1c(C(=O)NCCC[NH+]2CCCC[C@H]2C)oc2ccccc12. The number of nitrogens with one attached hydrogen (secondary N) is 2. The van der Waals surface area contributed by atoms with Crippen molar-refractivity contribution in [3.63, 3.8) is 0 Å². The van der Waals surface area contributed by atoms with Crippen LogP contribution >= 0.6 is 0 Å². The Hall–Kier alpha value is -1.85. The van der Waals surface area contributed by atoms with E-state index in [1.54, 1.807) is 12.0 Å². The third kappa shape index (κ3) is 4.22. The van der Waals surface area contributed by atoms with E-state index in [2.05, 4.69) is 12.2 Å². The summed E-state index contributed by atoms with van der Waals surface area (Å²) in [6.07, 6.45) is 4.99. The molecule has 0 aliphatic carbocycles. The molecule has 2 N–H and O–H groups in total. The third-order valence-corrected chi connectivity index (χ3v) is 5.24. The number of para-hydroxylation sites is 1. The van der Waals surface area contributed by atoms with Crippen molar-refractivity contribution in [1.29, 1.82) is 0 Å². The van der Waals surface area contributed by atoms with Crippen LogP contribution in [0.15, 0.2) is 28.7 Å². The second kappa shape index (κ2) is 8.50. The van der Waals surface area contributed by atoms with Gasteiger partial charge in [0.05, 0.1) is 25.7 Å². The Balaban J connectivity index is 1.57. The van der Waals surface area contributed by atoms with Crippen molar-refractivity contribution in [3.8, 4) is 0 Å². The molecule has 0 radical (unpaired) electrons. The standard InChI is InChI=1S/C20H28N2O3/c1-15-8-5-6-12-22(15)13-7-11-21-20(23)19-17(14-24-2)16-9-3-4-10-18(16)25-19/h3-4,9-10,15H,5-8,11-14H2,1-2H3,(H,21,23)/p+1/t15-/m1/s1. The van der Waals surface area contributed by atoms with E-state index in [-0.39, 0.29) is 5.91 Å². The topological polar surface area (TPSA) is 55.9 Å². The molecule has 5 heteroatoms. The van der Waals surface area contributed by atoms with Gasteiger partial charge < -0.3 is 19.4 Å². The van der Waals surface area contributed by atoms with Gasteiger partial charge in [-0.05, 0) is 32.3 Å². The van der Waals surface area contributed by atoms with E-state index < -0.39 is 0 Å². The van der Waals surface area contributed by atoms with Crippen molar-refractivity contribution in [2.24, 2.45) is 0 Å². The first-order chi connectivity index (χ1) is 12.2. The molecule has 2 atom stereocenters. The van der Waals surface area contributed by atoms with Gasteiger partial charge in [-0.15, -0.1) is 0 Å². The van der Waals surface area contributed by atoms with Crippen LogP contribution in [0.1, 0.15) is 48.7 Å². The molecule has 2 heterocycles. The van der Waals surface area contributed by atoms with Crippen molar-refractivity contribution in [1.82, 2.24) is 5.32 Å². The summed E-state index contributed by atoms with van der Waals surface area (Å²) in [5, 5.41) is 3.96. The zero-order valence-electron chi connectivity index (χ0n) is 15.3. The minimum absolute atomic E-state index is 0.148. The van der Waals surface area contributed by atoms with Crippen LogP contribution in [0.25, 0.3) is 11.0 Å². The molecular formula is C20H29N2O3+. The van der Waals surface area contributed by atoms with E-state index in [9.17, 15) is 4.79 Å². The molecule has 25 heavy (non-hydrogen) atoms. The molecule has 1 fully saturated rings. The molecule has 3 rings (SSSR count). The second-order valence-electron chi connectivity index (χ2n) is 7.00. The van der Waals surface area contributed by atoms with E-state index in [0.29, 0.717) is 18.9 Å². The molecule has 136 valence electrons. The predicted octanol–water partition coefficient (Wildman–Crippen LogP) is 2.16. The summed E-state index contributed by atoms with van der Waals surface area (Å²) in [6, 6.07) is 8.44. The van der Waals surface area contributed by atoms with Gasteiger partial charge in [-0.3, -0.25) is 4.79 Å². The Morgan fingerprint density at radius 1 is 1.36 bits per heavy atom. The number of benzene rings is 1. The van der Waals surface area contributed by atoms with Gasteiger partial charge in [0, 0.05) is 31.0 Å². The number of rotatable bonds is 7. The number of piperidine rings is 1. The molecule has 0 bridgehead atoms. The fourth-order valence-electron chi connectivity index (χ4n) is 3.79. The maximum Gasteiger partial charge on any atom is 0.287 e. The molecule has 1 aliphatic heterocycles. The van der Waals surface area contributed by atoms with Crippen molar-refractivity contribution in [2.45, 2.75) is 45.3 Å². The van der Waals surface area contributed by atoms with Gasteiger partial charge in [0.15, 0.2) is 5.76 Å². The Labute approximate surface area is 149 Å². The normalized spacial score (nSPS) is 20.7. The van der Waals surface area contributed by atoms with Gasteiger partial charge in [0.25, 0.3) is 5.91 Å². The number of fused-ring (bicyclic) bond motifs is 1. The number of hydrogen-bond acceptors (Lipinski definition) is 3.